The molecule has 2 aromatic rings. The van der Waals surface area contributed by atoms with E-state index in [-0.39, 0.29) is 17.4 Å². The topological polar surface area (TPSA) is 45.0 Å². The van der Waals surface area contributed by atoms with Crippen molar-refractivity contribution in [1.82, 2.24) is 5.32 Å². The third-order valence-electron chi connectivity index (χ3n) is 3.16. The van der Waals surface area contributed by atoms with E-state index in [4.69, 9.17) is 10.00 Å². The molecule has 0 fully saturated rings. The van der Waals surface area contributed by atoms with E-state index < -0.39 is 5.82 Å². The number of rotatable bonds is 4. The Morgan fingerprint density at radius 3 is 2.62 bits per heavy atom. The Labute approximate surface area is 131 Å². The molecule has 0 radical (unpaired) electrons. The third-order valence-corrected chi connectivity index (χ3v) is 3.85. The fourth-order valence-corrected chi connectivity index (χ4v) is 2.56. The molecule has 0 amide bonds. The third kappa shape index (κ3) is 3.60. The van der Waals surface area contributed by atoms with E-state index in [1.807, 2.05) is 26.1 Å². The van der Waals surface area contributed by atoms with Crippen LogP contribution < -0.4 is 10.1 Å². The highest BCUT2D eigenvalue weighted by Crippen LogP contribution is 2.31. The molecule has 1 unspecified atom stereocenters. The maximum atomic E-state index is 13.8. The zero-order valence-electron chi connectivity index (χ0n) is 11.7. The minimum Gasteiger partial charge on any atom is -0.454 e. The zero-order chi connectivity index (χ0) is 15.4. The van der Waals surface area contributed by atoms with Gasteiger partial charge in [-0.1, -0.05) is 22.0 Å². The van der Waals surface area contributed by atoms with Gasteiger partial charge in [-0.2, -0.15) is 5.26 Å². The summed E-state index contributed by atoms with van der Waals surface area (Å²) in [5, 5.41) is 11.9. The van der Waals surface area contributed by atoms with Gasteiger partial charge in [0.25, 0.3) is 0 Å². The molecule has 21 heavy (non-hydrogen) atoms. The molecule has 3 nitrogen and oxygen atoms in total. The summed E-state index contributed by atoms with van der Waals surface area (Å²) in [6.07, 6.45) is 0. The Morgan fingerprint density at radius 1 is 1.29 bits per heavy atom. The summed E-state index contributed by atoms with van der Waals surface area (Å²) in [5.41, 5.74) is 1.35. The van der Waals surface area contributed by atoms with E-state index in [1.165, 1.54) is 12.1 Å². The summed E-state index contributed by atoms with van der Waals surface area (Å²) in [7, 11) is 1.88. The quantitative estimate of drug-likeness (QED) is 0.882. The van der Waals surface area contributed by atoms with Gasteiger partial charge in [-0.05, 0) is 49.9 Å². The Morgan fingerprint density at radius 2 is 2.05 bits per heavy atom. The highest BCUT2D eigenvalue weighted by molar-refractivity contribution is 9.10. The number of hydrogen-bond donors (Lipinski definition) is 1. The van der Waals surface area contributed by atoms with E-state index in [2.05, 4.69) is 21.2 Å². The van der Waals surface area contributed by atoms with Gasteiger partial charge in [0, 0.05) is 10.5 Å². The van der Waals surface area contributed by atoms with Crippen molar-refractivity contribution in [1.29, 1.82) is 5.26 Å². The highest BCUT2D eigenvalue weighted by Gasteiger charge is 2.10. The normalized spacial score (nSPS) is 11.8. The molecule has 0 saturated carbocycles. The molecule has 0 aliphatic heterocycles. The minimum absolute atomic E-state index is 0.0929. The molecule has 0 saturated heterocycles. The average Bonchev–Trinajstić information content (AvgIpc) is 2.48. The van der Waals surface area contributed by atoms with Crippen LogP contribution in [0.1, 0.15) is 24.1 Å². The van der Waals surface area contributed by atoms with Crippen molar-refractivity contribution >= 4 is 15.9 Å². The van der Waals surface area contributed by atoms with Crippen LogP contribution in [0, 0.1) is 17.1 Å². The second-order valence-electron chi connectivity index (χ2n) is 4.55. The predicted octanol–water partition coefficient (Wildman–Crippen LogP) is 4.53. The second kappa shape index (κ2) is 6.70. The molecule has 1 atom stereocenters. The first-order valence-electron chi connectivity index (χ1n) is 6.39. The SMILES string of the molecule is CNC(C)c1ccc(Oc2ccc(C#N)cc2F)cc1Br. The Bertz CT molecular complexity index is 697. The number of nitriles is 1. The molecule has 0 bridgehead atoms. The van der Waals surface area contributed by atoms with Gasteiger partial charge in [-0.3, -0.25) is 0 Å². The van der Waals surface area contributed by atoms with Crippen molar-refractivity contribution in [3.63, 3.8) is 0 Å². The summed E-state index contributed by atoms with van der Waals surface area (Å²) in [6, 6.07) is 11.7. The van der Waals surface area contributed by atoms with Crippen LogP contribution in [0.5, 0.6) is 11.5 Å². The highest BCUT2D eigenvalue weighted by atomic mass is 79.9. The smallest absolute Gasteiger partial charge is 0.167 e. The average molecular weight is 349 g/mol. The monoisotopic (exact) mass is 348 g/mol. The molecule has 0 aliphatic rings. The second-order valence-corrected chi connectivity index (χ2v) is 5.41. The first kappa shape index (κ1) is 15.5. The van der Waals surface area contributed by atoms with Crippen LogP contribution in [-0.2, 0) is 0 Å². The van der Waals surface area contributed by atoms with Crippen molar-refractivity contribution in [3.05, 3.63) is 57.8 Å². The Balaban J connectivity index is 2.25. The molecule has 2 aromatic carbocycles. The summed E-state index contributed by atoms with van der Waals surface area (Å²) < 4.78 is 20.2. The molecular formula is C16H14BrFN2O. The molecular weight excluding hydrogens is 335 g/mol. The van der Waals surface area contributed by atoms with Gasteiger partial charge in [0.05, 0.1) is 11.6 Å². The van der Waals surface area contributed by atoms with Gasteiger partial charge >= 0.3 is 0 Å². The molecule has 2 rings (SSSR count). The van der Waals surface area contributed by atoms with Crippen LogP contribution >= 0.6 is 15.9 Å². The zero-order valence-corrected chi connectivity index (χ0v) is 13.2. The Kier molecular flexibility index (Phi) is 4.94. The summed E-state index contributed by atoms with van der Waals surface area (Å²) in [5.74, 6) is 0.0608. The summed E-state index contributed by atoms with van der Waals surface area (Å²) in [4.78, 5) is 0. The maximum Gasteiger partial charge on any atom is 0.167 e. The van der Waals surface area contributed by atoms with E-state index in [0.29, 0.717) is 5.75 Å². The van der Waals surface area contributed by atoms with Crippen molar-refractivity contribution in [2.45, 2.75) is 13.0 Å². The number of benzene rings is 2. The fraction of sp³-hybridized carbons (Fsp3) is 0.188. The van der Waals surface area contributed by atoms with Crippen LogP contribution in [0.25, 0.3) is 0 Å². The van der Waals surface area contributed by atoms with Gasteiger partial charge in [-0.15, -0.1) is 0 Å². The summed E-state index contributed by atoms with van der Waals surface area (Å²) >= 11 is 3.49. The van der Waals surface area contributed by atoms with E-state index in [1.54, 1.807) is 12.1 Å². The number of hydrogen-bond acceptors (Lipinski definition) is 3. The lowest BCUT2D eigenvalue weighted by molar-refractivity contribution is 0.441. The number of nitrogens with zero attached hydrogens (tertiary/aromatic N) is 1. The molecule has 0 aromatic heterocycles. The predicted molar refractivity (Wildman–Crippen MR) is 82.8 cm³/mol. The Hall–Kier alpha value is -1.90. The molecule has 0 aliphatic carbocycles. The molecule has 108 valence electrons. The van der Waals surface area contributed by atoms with Crippen LogP contribution in [0.2, 0.25) is 0 Å². The van der Waals surface area contributed by atoms with Gasteiger partial charge in [0.15, 0.2) is 11.6 Å². The number of ether oxygens (including phenoxy) is 1. The van der Waals surface area contributed by atoms with E-state index >= 15 is 0 Å². The molecule has 1 N–H and O–H groups in total. The van der Waals surface area contributed by atoms with Gasteiger partial charge in [0.2, 0.25) is 0 Å². The van der Waals surface area contributed by atoms with Crippen molar-refractivity contribution in [3.8, 4) is 17.6 Å². The van der Waals surface area contributed by atoms with E-state index in [0.717, 1.165) is 16.1 Å². The maximum absolute atomic E-state index is 13.8. The standard InChI is InChI=1S/C16H14BrFN2O/c1-10(20-2)13-5-4-12(8-14(13)17)21-16-6-3-11(9-19)7-15(16)18/h3-8,10,20H,1-2H3. The van der Waals surface area contributed by atoms with Gasteiger partial charge in [0.1, 0.15) is 5.75 Å². The molecule has 0 spiro atoms. The van der Waals surface area contributed by atoms with Crippen LogP contribution in [-0.4, -0.2) is 7.05 Å². The van der Waals surface area contributed by atoms with Crippen molar-refractivity contribution in [2.75, 3.05) is 7.05 Å². The van der Waals surface area contributed by atoms with Crippen molar-refractivity contribution < 1.29 is 9.13 Å². The first-order chi connectivity index (χ1) is 10.0. The largest absolute Gasteiger partial charge is 0.454 e. The fourth-order valence-electron chi connectivity index (χ4n) is 1.86. The summed E-state index contributed by atoms with van der Waals surface area (Å²) in [6.45, 7) is 2.04. The first-order valence-corrected chi connectivity index (χ1v) is 7.18. The van der Waals surface area contributed by atoms with E-state index in [9.17, 15) is 4.39 Å². The lowest BCUT2D eigenvalue weighted by atomic mass is 10.1. The lowest BCUT2D eigenvalue weighted by Crippen LogP contribution is -2.12. The van der Waals surface area contributed by atoms with Crippen LogP contribution in [0.15, 0.2) is 40.9 Å². The number of halogens is 2. The number of nitrogens with one attached hydrogen (secondary N) is 1. The molecule has 5 heteroatoms. The van der Waals surface area contributed by atoms with Gasteiger partial charge in [-0.25, -0.2) is 4.39 Å². The van der Waals surface area contributed by atoms with Crippen molar-refractivity contribution in [2.24, 2.45) is 0 Å². The molecule has 0 heterocycles. The lowest BCUT2D eigenvalue weighted by Gasteiger charge is -2.14. The van der Waals surface area contributed by atoms with Crippen LogP contribution in [0.3, 0.4) is 0 Å². The minimum atomic E-state index is -0.558. The van der Waals surface area contributed by atoms with Crippen LogP contribution in [0.4, 0.5) is 4.39 Å². The van der Waals surface area contributed by atoms with Gasteiger partial charge < -0.3 is 10.1 Å².